The van der Waals surface area contributed by atoms with Crippen LogP contribution in [0.1, 0.15) is 168 Å². The Hall–Kier alpha value is -6.87. The first kappa shape index (κ1) is 75.8. The van der Waals surface area contributed by atoms with Crippen molar-refractivity contribution in [1.82, 2.24) is 0 Å². The number of aromatic hydroxyl groups is 1. The van der Waals surface area contributed by atoms with Crippen molar-refractivity contribution in [2.24, 2.45) is 27.6 Å². The quantitative estimate of drug-likeness (QED) is 0.0251. The van der Waals surface area contributed by atoms with Crippen molar-refractivity contribution in [2.75, 3.05) is 0 Å². The van der Waals surface area contributed by atoms with Gasteiger partial charge in [-0.3, -0.25) is 24.0 Å². The van der Waals surface area contributed by atoms with Crippen molar-refractivity contribution in [2.45, 2.75) is 224 Å². The zero-order valence-electron chi connectivity index (χ0n) is 55.7. The first-order valence-electron chi connectivity index (χ1n) is 31.6. The second kappa shape index (κ2) is 32.8. The summed E-state index contributed by atoms with van der Waals surface area (Å²) in [5, 5.41) is 4.42. The molecule has 9 rings (SSSR count). The number of phenols is 1. The Balaban J connectivity index is 0.000000210. The molecule has 6 atom stereocenters. The predicted octanol–water partition coefficient (Wildman–Crippen LogP) is 15.6. The molecule has 3 saturated heterocycles. The van der Waals surface area contributed by atoms with Gasteiger partial charge in [-0.2, -0.15) is 8.78 Å². The molecule has 504 valence electrons. The monoisotopic (exact) mass is 1320 g/mol. The summed E-state index contributed by atoms with van der Waals surface area (Å²) in [4.78, 5) is 62.9. The van der Waals surface area contributed by atoms with Gasteiger partial charge in [0.1, 0.15) is 34.7 Å². The second-order valence-electron chi connectivity index (χ2n) is 26.0. The zero-order chi connectivity index (χ0) is 68.5. The van der Waals surface area contributed by atoms with Crippen molar-refractivity contribution in [3.63, 3.8) is 0 Å². The molecule has 4 aliphatic rings. The summed E-state index contributed by atoms with van der Waals surface area (Å²) in [7, 11) is -5.87. The Labute approximate surface area is 545 Å². The van der Waals surface area contributed by atoms with Crippen LogP contribution in [0, 0.1) is 27.6 Å². The summed E-state index contributed by atoms with van der Waals surface area (Å²) in [6, 6.07) is 45.7. The van der Waals surface area contributed by atoms with Gasteiger partial charge in [0.2, 0.25) is 0 Å². The van der Waals surface area contributed by atoms with Crippen molar-refractivity contribution < 1.29 is 84.0 Å². The number of hydrogen-bond acceptors (Lipinski definition) is 16. The average molecular weight is 1320 g/mol. The second-order valence-corrected chi connectivity index (χ2v) is 29.4. The molecule has 92 heavy (non-hydrogen) atoms. The van der Waals surface area contributed by atoms with Crippen LogP contribution in [0.25, 0.3) is 0 Å². The molecule has 6 unspecified atom stereocenters. The highest BCUT2D eigenvalue weighted by Crippen LogP contribution is 2.48. The van der Waals surface area contributed by atoms with E-state index in [2.05, 4.69) is 103 Å². The maximum absolute atomic E-state index is 13.0. The molecule has 16 nitrogen and oxygen atoms in total. The molecule has 0 spiro atoms. The molecular weight excluding hydrogens is 1220 g/mol. The standard InChI is InChI=1S/C20H30O3.C18H15S.C13H18O5.C12H16O3.C9H16F2O5S/c1-5-19(3,4)18(21)22-16-10-12-17(13-11-16)23-20(6-2)14-8-7-9-15-20;1-4-10-16(11-5-1)19(17-12-6-2-7-13-17)18-14-8-3-9-15-18;1-4-13(2,3)12(15)18-9-7-5-6-8(16-7)10(9)17-11(6)14;1-4-12(2,3)11(14)15-10-7-5-9(13)6-8-10;1-5-8(3,4)7(12)16-6(2)9(10,11)17(13,14)15/h10-13H,5-9,14-15H2,1-4H3;1-15H;6-10H,4-5H2,1-3H3;5-8,13H,4H2,1-3H3;6H,5H2,1-4H3,(H,13,14,15)/q;+1;;;/p-1. The van der Waals surface area contributed by atoms with E-state index in [0.717, 1.165) is 37.9 Å². The molecule has 20 heteroatoms. The number of carbonyl (C=O) groups is 5. The normalized spacial score (nSPS) is 19.3. The SMILES string of the molecule is CCC(C)(C)C(=O)OC(C)C(F)(F)S(=O)(=O)[O-].CCC(C)(C)C(=O)OC1C2CC3C(=O)OC1C3O2.CCC(C)(C)C(=O)Oc1ccc(O)cc1.CCC1(Oc2ccc(OC(=O)C(C)(C)CC)cc2)CCCCC1.c1ccc([S+](c2ccccc2)c2ccccc2)cc1. The minimum atomic E-state index is -5.86. The van der Waals surface area contributed by atoms with Gasteiger partial charge >= 0.3 is 35.1 Å². The van der Waals surface area contributed by atoms with E-state index >= 15 is 0 Å². The molecule has 0 aromatic heterocycles. The number of esters is 5. The number of rotatable bonds is 20. The lowest BCUT2D eigenvalue weighted by Gasteiger charge is -2.37. The smallest absolute Gasteiger partial charge is 0.369 e. The number of benzene rings is 5. The predicted molar refractivity (Wildman–Crippen MR) is 347 cm³/mol. The third kappa shape index (κ3) is 20.3. The Morgan fingerprint density at radius 2 is 0.989 bits per heavy atom. The minimum absolute atomic E-state index is 0.0132. The van der Waals surface area contributed by atoms with Crippen LogP contribution in [0.2, 0.25) is 0 Å². The van der Waals surface area contributed by atoms with Crippen LogP contribution in [0.4, 0.5) is 8.78 Å². The van der Waals surface area contributed by atoms with Crippen molar-refractivity contribution in [3.05, 3.63) is 140 Å². The van der Waals surface area contributed by atoms with Crippen LogP contribution in [-0.4, -0.2) is 89.3 Å². The number of ether oxygens (including phenoxy) is 7. The van der Waals surface area contributed by atoms with Gasteiger partial charge in [0.25, 0.3) is 0 Å². The van der Waals surface area contributed by atoms with Gasteiger partial charge in [-0.1, -0.05) is 95.6 Å². The summed E-state index contributed by atoms with van der Waals surface area (Å²) in [6.07, 6.45) is 6.73. The van der Waals surface area contributed by atoms with Gasteiger partial charge in [0.15, 0.2) is 43.1 Å². The number of hydrogen-bond donors (Lipinski definition) is 1. The van der Waals surface area contributed by atoms with Crippen LogP contribution in [-0.2, 0) is 63.9 Å². The highest BCUT2D eigenvalue weighted by atomic mass is 32.2. The summed E-state index contributed by atoms with van der Waals surface area (Å²) in [5.41, 5.74) is -2.47. The fourth-order valence-electron chi connectivity index (χ4n) is 9.47. The van der Waals surface area contributed by atoms with E-state index in [1.54, 1.807) is 19.1 Å². The van der Waals surface area contributed by atoms with E-state index in [4.69, 9.17) is 33.5 Å². The molecule has 5 aromatic carbocycles. The molecule has 1 aliphatic carbocycles. The Bertz CT molecular complexity index is 3190. The van der Waals surface area contributed by atoms with Crippen LogP contribution < -0.4 is 14.2 Å². The van der Waals surface area contributed by atoms with Gasteiger partial charge < -0.3 is 42.8 Å². The lowest BCUT2D eigenvalue weighted by molar-refractivity contribution is -0.170. The Morgan fingerprint density at radius 3 is 1.39 bits per heavy atom. The lowest BCUT2D eigenvalue weighted by atomic mass is 9.82. The summed E-state index contributed by atoms with van der Waals surface area (Å²) >= 11 is 0. The summed E-state index contributed by atoms with van der Waals surface area (Å²) in [5.74, 6) is 0.0447. The van der Waals surface area contributed by atoms with Crippen molar-refractivity contribution in [3.8, 4) is 23.0 Å². The van der Waals surface area contributed by atoms with Crippen LogP contribution in [0.5, 0.6) is 23.0 Å². The van der Waals surface area contributed by atoms with E-state index in [1.807, 2.05) is 86.6 Å². The fraction of sp³-hybridized carbons (Fsp3) is 0.514. The molecule has 3 heterocycles. The van der Waals surface area contributed by atoms with Crippen LogP contribution in [0.15, 0.2) is 154 Å². The van der Waals surface area contributed by atoms with E-state index in [-0.39, 0.29) is 64.2 Å². The lowest BCUT2D eigenvalue weighted by Crippen LogP contribution is -2.44. The maximum atomic E-state index is 13.0. The van der Waals surface area contributed by atoms with Crippen LogP contribution >= 0.6 is 0 Å². The number of carbonyl (C=O) groups excluding carboxylic acids is 5. The van der Waals surface area contributed by atoms with Gasteiger partial charge in [-0.05, 0) is 211 Å². The van der Waals surface area contributed by atoms with E-state index in [1.165, 1.54) is 59.9 Å². The first-order chi connectivity index (χ1) is 43.1. The van der Waals surface area contributed by atoms with Crippen molar-refractivity contribution >= 4 is 50.9 Å². The number of alkyl halides is 2. The molecule has 3 aliphatic heterocycles. The Kier molecular flexibility index (Phi) is 27.0. The number of phenolic OH excluding ortho intramolecular Hbond substituents is 1. The summed E-state index contributed by atoms with van der Waals surface area (Å²) < 4.78 is 94.6. The first-order valence-corrected chi connectivity index (χ1v) is 34.3. The molecule has 1 N–H and O–H groups in total. The largest absolute Gasteiger partial charge is 0.743 e. The van der Waals surface area contributed by atoms with Gasteiger partial charge in [0.05, 0.1) is 44.6 Å². The van der Waals surface area contributed by atoms with E-state index < -0.39 is 61.3 Å². The van der Waals surface area contributed by atoms with E-state index in [0.29, 0.717) is 37.7 Å². The molecule has 0 radical (unpaired) electrons. The van der Waals surface area contributed by atoms with Gasteiger partial charge in [-0.25, -0.2) is 8.42 Å². The summed E-state index contributed by atoms with van der Waals surface area (Å²) in [6.45, 7) is 24.5. The van der Waals surface area contributed by atoms with Gasteiger partial charge in [-0.15, -0.1) is 0 Å². The zero-order valence-corrected chi connectivity index (χ0v) is 57.3. The average Bonchev–Trinajstić information content (AvgIpc) is 1.57. The van der Waals surface area contributed by atoms with Gasteiger partial charge in [0, 0.05) is 0 Å². The molecule has 0 amide bonds. The molecule has 2 bridgehead atoms. The molecule has 5 aromatic rings. The number of fused-ring (bicyclic) bond motifs is 1. The highest BCUT2D eigenvalue weighted by Gasteiger charge is 2.65. The molecule has 1 saturated carbocycles. The van der Waals surface area contributed by atoms with Crippen LogP contribution in [0.3, 0.4) is 0 Å². The third-order valence-corrected chi connectivity index (χ3v) is 20.9. The highest BCUT2D eigenvalue weighted by molar-refractivity contribution is 7.97. The topological polar surface area (TPSA) is 227 Å². The Morgan fingerprint density at radius 1 is 0.598 bits per heavy atom. The minimum Gasteiger partial charge on any atom is -0.743 e. The van der Waals surface area contributed by atoms with E-state index in [9.17, 15) is 45.7 Å². The third-order valence-electron chi connectivity index (χ3n) is 17.6. The van der Waals surface area contributed by atoms with Crippen molar-refractivity contribution in [1.29, 1.82) is 0 Å². The maximum Gasteiger partial charge on any atom is 0.369 e. The molecular formula is C72H94F2O16S2. The molecule has 4 fully saturated rings. The fourth-order valence-corrected chi connectivity index (χ4v) is 12.0. The number of halogens is 2.